The van der Waals surface area contributed by atoms with Crippen molar-refractivity contribution in [1.29, 1.82) is 0 Å². The number of guanidine groups is 1. The molecule has 1 aromatic carbocycles. The van der Waals surface area contributed by atoms with Crippen LogP contribution in [0.4, 0.5) is 0 Å². The van der Waals surface area contributed by atoms with Crippen molar-refractivity contribution in [2.24, 2.45) is 4.99 Å². The van der Waals surface area contributed by atoms with Crippen molar-refractivity contribution >= 4 is 5.96 Å². The average molecular weight is 329 g/mol. The van der Waals surface area contributed by atoms with Gasteiger partial charge in [0.1, 0.15) is 0 Å². The zero-order valence-electron chi connectivity index (χ0n) is 13.9. The van der Waals surface area contributed by atoms with Gasteiger partial charge in [-0.1, -0.05) is 6.07 Å². The Morgan fingerprint density at radius 2 is 2.12 bits per heavy atom. The summed E-state index contributed by atoms with van der Waals surface area (Å²) in [5, 5.41) is 10.8. The van der Waals surface area contributed by atoms with Crippen molar-refractivity contribution in [1.82, 2.24) is 20.4 Å². The minimum absolute atomic E-state index is 0.312. The maximum atomic E-state index is 5.40. The van der Waals surface area contributed by atoms with Gasteiger partial charge in [0, 0.05) is 39.1 Å². The summed E-state index contributed by atoms with van der Waals surface area (Å²) in [5.41, 5.74) is 1.21. The Hall–Kier alpha value is -2.70. The lowest BCUT2D eigenvalue weighted by Gasteiger charge is -2.12. The number of fused-ring (bicyclic) bond motifs is 1. The first-order chi connectivity index (χ1) is 11.8. The molecule has 2 heterocycles. The summed E-state index contributed by atoms with van der Waals surface area (Å²) < 4.78 is 12.6. The van der Waals surface area contributed by atoms with Crippen molar-refractivity contribution in [2.45, 2.75) is 19.4 Å². The quantitative estimate of drug-likeness (QED) is 0.456. The second-order valence-corrected chi connectivity index (χ2v) is 5.49. The third-order valence-corrected chi connectivity index (χ3v) is 3.78. The van der Waals surface area contributed by atoms with Crippen LogP contribution < -0.4 is 20.1 Å². The first-order valence-corrected chi connectivity index (χ1v) is 8.15. The molecule has 0 radical (unpaired) electrons. The molecule has 128 valence electrons. The molecule has 1 aromatic heterocycles. The van der Waals surface area contributed by atoms with Crippen LogP contribution in [-0.2, 0) is 13.0 Å². The molecule has 2 N–H and O–H groups in total. The molecular formula is C17H23N5O2. The van der Waals surface area contributed by atoms with Gasteiger partial charge in [-0.3, -0.25) is 9.67 Å². The van der Waals surface area contributed by atoms with Crippen molar-refractivity contribution in [3.63, 3.8) is 0 Å². The van der Waals surface area contributed by atoms with E-state index in [0.717, 1.165) is 49.9 Å². The minimum Gasteiger partial charge on any atom is -0.454 e. The number of ether oxygens (including phenoxy) is 2. The second-order valence-electron chi connectivity index (χ2n) is 5.49. The normalized spacial score (nSPS) is 13.1. The Morgan fingerprint density at radius 1 is 1.25 bits per heavy atom. The zero-order chi connectivity index (χ0) is 16.6. The first kappa shape index (κ1) is 16.2. The summed E-state index contributed by atoms with van der Waals surface area (Å²) in [4.78, 5) is 4.24. The Labute approximate surface area is 141 Å². The molecule has 0 unspecified atom stereocenters. The highest BCUT2D eigenvalue weighted by Crippen LogP contribution is 2.32. The molecule has 0 amide bonds. The summed E-state index contributed by atoms with van der Waals surface area (Å²) in [6.07, 6.45) is 5.65. The van der Waals surface area contributed by atoms with Crippen LogP contribution in [0.1, 0.15) is 12.0 Å². The molecule has 7 nitrogen and oxygen atoms in total. The monoisotopic (exact) mass is 329 g/mol. The Balaban J connectivity index is 1.35. The molecule has 0 saturated heterocycles. The van der Waals surface area contributed by atoms with Crippen LogP contribution in [0.3, 0.4) is 0 Å². The molecule has 0 atom stereocenters. The van der Waals surface area contributed by atoms with Gasteiger partial charge in [-0.2, -0.15) is 5.10 Å². The maximum absolute atomic E-state index is 5.40. The largest absolute Gasteiger partial charge is 0.454 e. The molecule has 1 aliphatic rings. The number of nitrogens with zero attached hydrogens (tertiary/aromatic N) is 3. The van der Waals surface area contributed by atoms with E-state index in [4.69, 9.17) is 9.47 Å². The highest BCUT2D eigenvalue weighted by atomic mass is 16.7. The Kier molecular flexibility index (Phi) is 5.55. The third kappa shape index (κ3) is 4.41. The highest BCUT2D eigenvalue weighted by Gasteiger charge is 2.12. The van der Waals surface area contributed by atoms with Crippen molar-refractivity contribution in [3.05, 3.63) is 42.2 Å². The van der Waals surface area contributed by atoms with Crippen LogP contribution in [0.5, 0.6) is 11.5 Å². The molecular weight excluding hydrogens is 306 g/mol. The van der Waals surface area contributed by atoms with Gasteiger partial charge in [0.15, 0.2) is 17.5 Å². The van der Waals surface area contributed by atoms with E-state index in [9.17, 15) is 0 Å². The molecule has 7 heteroatoms. The molecule has 3 rings (SSSR count). The summed E-state index contributed by atoms with van der Waals surface area (Å²) >= 11 is 0. The van der Waals surface area contributed by atoms with Crippen LogP contribution in [-0.4, -0.2) is 42.7 Å². The number of hydrogen-bond donors (Lipinski definition) is 2. The average Bonchev–Trinajstić information content (AvgIpc) is 3.27. The van der Waals surface area contributed by atoms with Crippen molar-refractivity contribution in [2.75, 3.05) is 26.9 Å². The Morgan fingerprint density at radius 3 is 2.96 bits per heavy atom. The number of rotatable bonds is 7. The van der Waals surface area contributed by atoms with Gasteiger partial charge in [-0.25, -0.2) is 0 Å². The van der Waals surface area contributed by atoms with E-state index in [1.165, 1.54) is 5.56 Å². The highest BCUT2D eigenvalue weighted by molar-refractivity contribution is 5.79. The fourth-order valence-corrected chi connectivity index (χ4v) is 2.52. The lowest BCUT2D eigenvalue weighted by atomic mass is 10.1. The van der Waals surface area contributed by atoms with Crippen molar-refractivity contribution < 1.29 is 9.47 Å². The molecule has 0 bridgehead atoms. The molecule has 0 fully saturated rings. The van der Waals surface area contributed by atoms with Crippen LogP contribution in [0.25, 0.3) is 0 Å². The Bertz CT molecular complexity index is 670. The van der Waals surface area contributed by atoms with Crippen LogP contribution >= 0.6 is 0 Å². The van der Waals surface area contributed by atoms with E-state index in [1.54, 1.807) is 13.2 Å². The van der Waals surface area contributed by atoms with Gasteiger partial charge in [0.2, 0.25) is 6.79 Å². The van der Waals surface area contributed by atoms with E-state index in [-0.39, 0.29) is 0 Å². The fourth-order valence-electron chi connectivity index (χ4n) is 2.52. The summed E-state index contributed by atoms with van der Waals surface area (Å²) in [7, 11) is 1.78. The van der Waals surface area contributed by atoms with E-state index < -0.39 is 0 Å². The predicted octanol–water partition coefficient (Wildman–Crippen LogP) is 1.41. The van der Waals surface area contributed by atoms with Crippen LogP contribution in [0.2, 0.25) is 0 Å². The second kappa shape index (κ2) is 8.24. The van der Waals surface area contributed by atoms with Crippen molar-refractivity contribution in [3.8, 4) is 11.5 Å². The lowest BCUT2D eigenvalue weighted by Crippen LogP contribution is -2.39. The van der Waals surface area contributed by atoms with Gasteiger partial charge < -0.3 is 20.1 Å². The van der Waals surface area contributed by atoms with Gasteiger partial charge in [0.05, 0.1) is 0 Å². The number of nitrogens with one attached hydrogen (secondary N) is 2. The summed E-state index contributed by atoms with van der Waals surface area (Å²) in [6.45, 7) is 2.86. The number of benzene rings is 1. The molecule has 0 saturated carbocycles. The van der Waals surface area contributed by atoms with Gasteiger partial charge in [0.25, 0.3) is 0 Å². The molecule has 1 aliphatic heterocycles. The number of aromatic nitrogens is 2. The van der Waals surface area contributed by atoms with E-state index in [1.807, 2.05) is 29.1 Å². The number of hydrogen-bond acceptors (Lipinski definition) is 4. The maximum Gasteiger partial charge on any atom is 0.231 e. The van der Waals surface area contributed by atoms with E-state index >= 15 is 0 Å². The SMILES string of the molecule is CN=C(NCCCn1cccn1)NCCc1ccc2c(c1)OCO2. The first-order valence-electron chi connectivity index (χ1n) is 8.15. The molecule has 0 aliphatic carbocycles. The number of aryl methyl sites for hydroxylation is 1. The zero-order valence-corrected chi connectivity index (χ0v) is 13.9. The number of aliphatic imine (C=N–C) groups is 1. The van der Waals surface area contributed by atoms with Gasteiger partial charge in [-0.15, -0.1) is 0 Å². The smallest absolute Gasteiger partial charge is 0.231 e. The standard InChI is InChI=1S/C17H23N5O2/c1-18-17(19-7-2-10-22-11-3-8-21-22)20-9-6-14-4-5-15-16(12-14)24-13-23-15/h3-5,8,11-12H,2,6-7,9-10,13H2,1H3,(H2,18,19,20). The predicted molar refractivity (Wildman–Crippen MR) is 92.5 cm³/mol. The van der Waals surface area contributed by atoms with E-state index in [2.05, 4.69) is 26.8 Å². The van der Waals surface area contributed by atoms with Gasteiger partial charge >= 0.3 is 0 Å². The topological polar surface area (TPSA) is 72.7 Å². The van der Waals surface area contributed by atoms with Crippen LogP contribution in [0.15, 0.2) is 41.7 Å². The summed E-state index contributed by atoms with van der Waals surface area (Å²) in [5.74, 6) is 2.46. The molecule has 24 heavy (non-hydrogen) atoms. The molecule has 2 aromatic rings. The lowest BCUT2D eigenvalue weighted by molar-refractivity contribution is 0.174. The summed E-state index contributed by atoms with van der Waals surface area (Å²) in [6, 6.07) is 7.99. The minimum atomic E-state index is 0.312. The van der Waals surface area contributed by atoms with Gasteiger partial charge in [-0.05, 0) is 36.6 Å². The fraction of sp³-hybridized carbons (Fsp3) is 0.412. The third-order valence-electron chi connectivity index (χ3n) is 3.78. The van der Waals surface area contributed by atoms with Crippen LogP contribution in [0, 0.1) is 0 Å². The van der Waals surface area contributed by atoms with E-state index in [0.29, 0.717) is 6.79 Å². The molecule has 0 spiro atoms.